The highest BCUT2D eigenvalue weighted by molar-refractivity contribution is 7.45. The standard InChI is InChI=1S/C63H125N2O6P/c1-6-8-10-12-14-16-18-20-22-24-26-28-30-31-32-33-35-37-39-41-43-45-47-49-51-53-55-57-63(67)64-61(60-71-72(68,69)70-59-58-65(3,4)5)62(66)56-54-52-50-48-46-44-42-40-38-36-34-29-27-25-23-21-19-17-15-13-11-9-7-2/h31-32,54,56,61-62,66H,6-30,33-53,55,57-60H2,1-5H3,(H-,64,67,68,69)/b32-31-,56-54+. The lowest BCUT2D eigenvalue weighted by Gasteiger charge is -2.29. The Morgan fingerprint density at radius 2 is 0.764 bits per heavy atom. The minimum Gasteiger partial charge on any atom is -0.756 e. The smallest absolute Gasteiger partial charge is 0.268 e. The van der Waals surface area contributed by atoms with Crippen molar-refractivity contribution < 1.29 is 32.9 Å². The molecule has 9 heteroatoms. The number of aliphatic hydroxyl groups excluding tert-OH is 1. The Kier molecular flexibility index (Phi) is 54.0. The summed E-state index contributed by atoms with van der Waals surface area (Å²) in [5, 5.41) is 13.9. The molecule has 0 aromatic rings. The highest BCUT2D eigenvalue weighted by Gasteiger charge is 2.23. The number of phosphoric ester groups is 1. The average molecular weight is 1040 g/mol. The van der Waals surface area contributed by atoms with Crippen molar-refractivity contribution in [3.63, 3.8) is 0 Å². The molecule has 0 aliphatic rings. The number of allylic oxidation sites excluding steroid dienone is 3. The summed E-state index contributed by atoms with van der Waals surface area (Å²) in [7, 11) is 1.28. The van der Waals surface area contributed by atoms with Crippen molar-refractivity contribution in [2.75, 3.05) is 40.9 Å². The van der Waals surface area contributed by atoms with Crippen molar-refractivity contribution in [2.45, 2.75) is 334 Å². The van der Waals surface area contributed by atoms with Crippen LogP contribution in [0.3, 0.4) is 0 Å². The Morgan fingerprint density at radius 3 is 1.08 bits per heavy atom. The summed E-state index contributed by atoms with van der Waals surface area (Å²) >= 11 is 0. The summed E-state index contributed by atoms with van der Waals surface area (Å²) in [6.07, 6.45) is 69.8. The van der Waals surface area contributed by atoms with Crippen LogP contribution in [0.2, 0.25) is 0 Å². The second kappa shape index (κ2) is 54.8. The van der Waals surface area contributed by atoms with Crippen LogP contribution < -0.4 is 10.2 Å². The number of unbranched alkanes of at least 4 members (excludes halogenated alkanes) is 44. The molecule has 8 nitrogen and oxygen atoms in total. The van der Waals surface area contributed by atoms with E-state index >= 15 is 0 Å². The third kappa shape index (κ3) is 56.7. The number of hydrogen-bond acceptors (Lipinski definition) is 6. The van der Waals surface area contributed by atoms with Gasteiger partial charge in [0.1, 0.15) is 13.2 Å². The van der Waals surface area contributed by atoms with Gasteiger partial charge in [0.05, 0.1) is 39.9 Å². The molecule has 0 bridgehead atoms. The number of aliphatic hydroxyl groups is 1. The molecule has 0 spiro atoms. The fourth-order valence-corrected chi connectivity index (χ4v) is 10.4. The summed E-state index contributed by atoms with van der Waals surface area (Å²) in [5.41, 5.74) is 0. The maximum absolute atomic E-state index is 13.0. The molecule has 0 heterocycles. The Labute approximate surface area is 449 Å². The number of rotatable bonds is 59. The highest BCUT2D eigenvalue weighted by Crippen LogP contribution is 2.38. The number of amides is 1. The molecule has 3 unspecified atom stereocenters. The SMILES string of the molecule is CCCCCCCCCCCCCC/C=C\CCCCCCCCCCCCCC(=O)NC(COP(=O)([O-])OCC[N+](C)(C)C)C(O)/C=C/CCCCCCCCCCCCCCCCCCCCCCC. The zero-order chi connectivity index (χ0) is 52.7. The zero-order valence-corrected chi connectivity index (χ0v) is 49.8. The molecule has 0 saturated heterocycles. The number of nitrogens with one attached hydrogen (secondary N) is 1. The van der Waals surface area contributed by atoms with E-state index in [1.165, 1.54) is 263 Å². The van der Waals surface area contributed by atoms with Crippen molar-refractivity contribution in [3.8, 4) is 0 Å². The van der Waals surface area contributed by atoms with Gasteiger partial charge in [-0.05, 0) is 44.9 Å². The maximum Gasteiger partial charge on any atom is 0.268 e. The van der Waals surface area contributed by atoms with E-state index in [0.29, 0.717) is 17.4 Å². The molecule has 1 amide bonds. The van der Waals surface area contributed by atoms with Gasteiger partial charge in [0.15, 0.2) is 0 Å². The van der Waals surface area contributed by atoms with Gasteiger partial charge in [-0.2, -0.15) is 0 Å². The van der Waals surface area contributed by atoms with E-state index in [4.69, 9.17) is 9.05 Å². The molecule has 0 radical (unpaired) electrons. The highest BCUT2D eigenvalue weighted by atomic mass is 31.2. The molecule has 0 fully saturated rings. The van der Waals surface area contributed by atoms with Crippen molar-refractivity contribution in [2.24, 2.45) is 0 Å². The summed E-state index contributed by atoms with van der Waals surface area (Å²) < 4.78 is 23.4. The van der Waals surface area contributed by atoms with E-state index in [1.54, 1.807) is 6.08 Å². The molecular formula is C63H125N2O6P. The lowest BCUT2D eigenvalue weighted by molar-refractivity contribution is -0.870. The predicted octanol–water partition coefficient (Wildman–Crippen LogP) is 18.9. The number of likely N-dealkylation sites (N-methyl/N-ethyl adjacent to an activating group) is 1. The van der Waals surface area contributed by atoms with Crippen LogP contribution >= 0.6 is 7.82 Å². The second-order valence-electron chi connectivity index (χ2n) is 23.1. The molecule has 0 aliphatic heterocycles. The number of quaternary nitrogens is 1. The molecule has 0 rings (SSSR count). The van der Waals surface area contributed by atoms with Crippen molar-refractivity contribution in [1.29, 1.82) is 0 Å². The topological polar surface area (TPSA) is 108 Å². The van der Waals surface area contributed by atoms with Gasteiger partial charge in [-0.1, -0.05) is 295 Å². The van der Waals surface area contributed by atoms with E-state index in [2.05, 4.69) is 31.3 Å². The van der Waals surface area contributed by atoms with E-state index in [1.807, 2.05) is 27.2 Å². The third-order valence-electron chi connectivity index (χ3n) is 14.7. The molecule has 428 valence electrons. The normalized spacial score (nSPS) is 13.9. The molecule has 72 heavy (non-hydrogen) atoms. The fraction of sp³-hybridized carbons (Fsp3) is 0.921. The molecule has 0 aromatic carbocycles. The molecule has 3 atom stereocenters. The number of nitrogens with zero attached hydrogens (tertiary/aromatic N) is 1. The van der Waals surface area contributed by atoms with Gasteiger partial charge in [0, 0.05) is 6.42 Å². The van der Waals surface area contributed by atoms with Crippen LogP contribution in [0.1, 0.15) is 322 Å². The predicted molar refractivity (Wildman–Crippen MR) is 312 cm³/mol. The van der Waals surface area contributed by atoms with E-state index in [0.717, 1.165) is 38.5 Å². The van der Waals surface area contributed by atoms with Gasteiger partial charge >= 0.3 is 0 Å². The van der Waals surface area contributed by atoms with Gasteiger partial charge < -0.3 is 28.8 Å². The maximum atomic E-state index is 13.0. The van der Waals surface area contributed by atoms with Gasteiger partial charge in [-0.3, -0.25) is 9.36 Å². The zero-order valence-electron chi connectivity index (χ0n) is 48.9. The van der Waals surface area contributed by atoms with Crippen LogP contribution in [0.4, 0.5) is 0 Å². The van der Waals surface area contributed by atoms with Gasteiger partial charge in [-0.25, -0.2) is 0 Å². The minimum absolute atomic E-state index is 0.000898. The van der Waals surface area contributed by atoms with Crippen molar-refractivity contribution in [3.05, 3.63) is 24.3 Å². The first kappa shape index (κ1) is 71.0. The molecule has 0 aromatic heterocycles. The van der Waals surface area contributed by atoms with Crippen LogP contribution in [0.15, 0.2) is 24.3 Å². The molecule has 0 aliphatic carbocycles. The molecule has 2 N–H and O–H groups in total. The van der Waals surface area contributed by atoms with E-state index in [9.17, 15) is 19.4 Å². The average Bonchev–Trinajstić information content (AvgIpc) is 3.34. The van der Waals surface area contributed by atoms with E-state index in [-0.39, 0.29) is 19.1 Å². The first-order chi connectivity index (χ1) is 35.0. The minimum atomic E-state index is -4.60. The Balaban J connectivity index is 4.13. The quantitative estimate of drug-likeness (QED) is 0.0272. The number of carbonyl (C=O) groups is 1. The van der Waals surface area contributed by atoms with E-state index < -0.39 is 20.0 Å². The van der Waals surface area contributed by atoms with Gasteiger partial charge in [-0.15, -0.1) is 0 Å². The summed E-state index contributed by atoms with van der Waals surface area (Å²) in [6, 6.07) is -0.886. The number of carbonyl (C=O) groups excluding carboxylic acids is 1. The fourth-order valence-electron chi connectivity index (χ4n) is 9.68. The van der Waals surface area contributed by atoms with Crippen LogP contribution in [0, 0.1) is 0 Å². The Hall–Kier alpha value is -1.02. The molecule has 0 saturated carbocycles. The van der Waals surface area contributed by atoms with Gasteiger partial charge in [0.2, 0.25) is 5.91 Å². The van der Waals surface area contributed by atoms with Crippen molar-refractivity contribution in [1.82, 2.24) is 5.32 Å². The first-order valence-corrected chi connectivity index (χ1v) is 33.2. The number of phosphoric acid groups is 1. The summed E-state index contributed by atoms with van der Waals surface area (Å²) in [5.74, 6) is -0.192. The summed E-state index contributed by atoms with van der Waals surface area (Å²) in [4.78, 5) is 25.6. The lowest BCUT2D eigenvalue weighted by atomic mass is 10.0. The van der Waals surface area contributed by atoms with Crippen LogP contribution in [-0.2, 0) is 18.4 Å². The van der Waals surface area contributed by atoms with Crippen molar-refractivity contribution >= 4 is 13.7 Å². The lowest BCUT2D eigenvalue weighted by Crippen LogP contribution is -2.45. The second-order valence-corrected chi connectivity index (χ2v) is 24.5. The number of hydrogen-bond donors (Lipinski definition) is 2. The van der Waals surface area contributed by atoms with Gasteiger partial charge in [0.25, 0.3) is 7.82 Å². The third-order valence-corrected chi connectivity index (χ3v) is 15.6. The first-order valence-electron chi connectivity index (χ1n) is 31.7. The van der Waals surface area contributed by atoms with Crippen LogP contribution in [-0.4, -0.2) is 68.5 Å². The largest absolute Gasteiger partial charge is 0.756 e. The Bertz CT molecular complexity index is 1220. The van der Waals surface area contributed by atoms with Crippen LogP contribution in [0.25, 0.3) is 0 Å². The monoisotopic (exact) mass is 1040 g/mol. The molecular weight excluding hydrogens is 912 g/mol. The van der Waals surface area contributed by atoms with Crippen LogP contribution in [0.5, 0.6) is 0 Å². The summed E-state index contributed by atoms with van der Waals surface area (Å²) in [6.45, 7) is 4.70. The Morgan fingerprint density at radius 1 is 0.472 bits per heavy atom.